The van der Waals surface area contributed by atoms with Gasteiger partial charge < -0.3 is 10.6 Å². The van der Waals surface area contributed by atoms with Crippen molar-refractivity contribution in [2.45, 2.75) is 13.0 Å². The maximum absolute atomic E-state index is 13.2. The fourth-order valence-corrected chi connectivity index (χ4v) is 1.90. The number of rotatable bonds is 5. The molecule has 0 bridgehead atoms. The van der Waals surface area contributed by atoms with Gasteiger partial charge in [-0.15, -0.1) is 0 Å². The first-order valence-corrected chi connectivity index (χ1v) is 6.22. The molecular formula is C13H14FN5O2. The van der Waals surface area contributed by atoms with Gasteiger partial charge in [-0.1, -0.05) is 12.1 Å². The van der Waals surface area contributed by atoms with E-state index in [1.165, 1.54) is 25.5 Å². The summed E-state index contributed by atoms with van der Waals surface area (Å²) in [5.74, 6) is -0.172. The van der Waals surface area contributed by atoms with Gasteiger partial charge in [0.25, 0.3) is 0 Å². The van der Waals surface area contributed by atoms with Gasteiger partial charge in [0.15, 0.2) is 0 Å². The van der Waals surface area contributed by atoms with Crippen molar-refractivity contribution in [3.8, 4) is 0 Å². The lowest BCUT2D eigenvalue weighted by Gasteiger charge is -2.15. The fraction of sp³-hybridized carbons (Fsp3) is 0.231. The molecule has 1 atom stereocenters. The van der Waals surface area contributed by atoms with Crippen LogP contribution in [0.15, 0.2) is 30.6 Å². The van der Waals surface area contributed by atoms with Gasteiger partial charge in [0.2, 0.25) is 11.6 Å². The summed E-state index contributed by atoms with van der Waals surface area (Å²) in [4.78, 5) is 18.3. The van der Waals surface area contributed by atoms with Crippen LogP contribution in [-0.4, -0.2) is 21.9 Å². The van der Waals surface area contributed by atoms with Crippen molar-refractivity contribution in [3.63, 3.8) is 0 Å². The third kappa shape index (κ3) is 3.22. The zero-order chi connectivity index (χ0) is 15.4. The van der Waals surface area contributed by atoms with Gasteiger partial charge in [0.1, 0.15) is 12.1 Å². The molecular weight excluding hydrogens is 277 g/mol. The van der Waals surface area contributed by atoms with E-state index in [0.717, 1.165) is 0 Å². The fourth-order valence-electron chi connectivity index (χ4n) is 1.90. The average Bonchev–Trinajstić information content (AvgIpc) is 2.46. The van der Waals surface area contributed by atoms with Gasteiger partial charge in [-0.2, -0.15) is 0 Å². The molecule has 0 radical (unpaired) electrons. The predicted octanol–water partition coefficient (Wildman–Crippen LogP) is 2.74. The van der Waals surface area contributed by atoms with Crippen LogP contribution < -0.4 is 10.6 Å². The molecule has 7 nitrogen and oxygen atoms in total. The Morgan fingerprint density at radius 2 is 2.05 bits per heavy atom. The van der Waals surface area contributed by atoms with Gasteiger partial charge in [0.05, 0.1) is 11.0 Å². The second-order valence-corrected chi connectivity index (χ2v) is 4.35. The van der Waals surface area contributed by atoms with Crippen LogP contribution in [0.5, 0.6) is 0 Å². The molecule has 1 heterocycles. The summed E-state index contributed by atoms with van der Waals surface area (Å²) in [7, 11) is 1.54. The van der Waals surface area contributed by atoms with Crippen LogP contribution in [0.2, 0.25) is 0 Å². The molecule has 21 heavy (non-hydrogen) atoms. The highest BCUT2D eigenvalue weighted by Gasteiger charge is 2.23. The Balaban J connectivity index is 2.33. The number of anilines is 2. The molecule has 2 aromatic rings. The third-order valence-electron chi connectivity index (χ3n) is 2.94. The maximum atomic E-state index is 13.2. The van der Waals surface area contributed by atoms with E-state index in [4.69, 9.17) is 0 Å². The first kappa shape index (κ1) is 14.6. The zero-order valence-electron chi connectivity index (χ0n) is 11.5. The summed E-state index contributed by atoms with van der Waals surface area (Å²) in [5, 5.41) is 16.7. The molecule has 8 heteroatoms. The molecule has 0 saturated heterocycles. The Morgan fingerprint density at radius 1 is 1.33 bits per heavy atom. The van der Waals surface area contributed by atoms with Crippen LogP contribution in [0.25, 0.3) is 0 Å². The van der Waals surface area contributed by atoms with Crippen LogP contribution in [-0.2, 0) is 0 Å². The Bertz CT molecular complexity index is 665. The second kappa shape index (κ2) is 6.12. The van der Waals surface area contributed by atoms with Crippen molar-refractivity contribution in [1.82, 2.24) is 9.97 Å². The smallest absolute Gasteiger partial charge is 0.353 e. The van der Waals surface area contributed by atoms with Gasteiger partial charge in [-0.3, -0.25) is 10.1 Å². The topological polar surface area (TPSA) is 93.0 Å². The van der Waals surface area contributed by atoms with Crippen molar-refractivity contribution < 1.29 is 9.31 Å². The van der Waals surface area contributed by atoms with Gasteiger partial charge in [0, 0.05) is 7.05 Å². The number of nitrogens with one attached hydrogen (secondary N) is 2. The van der Waals surface area contributed by atoms with Gasteiger partial charge >= 0.3 is 5.69 Å². The molecule has 0 fully saturated rings. The molecule has 0 saturated carbocycles. The summed E-state index contributed by atoms with van der Waals surface area (Å²) in [6.07, 6.45) is 1.22. The Labute approximate surface area is 120 Å². The monoisotopic (exact) mass is 291 g/mol. The highest BCUT2D eigenvalue weighted by molar-refractivity contribution is 5.69. The molecule has 110 valence electrons. The molecule has 0 amide bonds. The number of nitrogens with zero attached hydrogens (tertiary/aromatic N) is 3. The van der Waals surface area contributed by atoms with Crippen LogP contribution in [0, 0.1) is 15.9 Å². The number of hydrogen-bond donors (Lipinski definition) is 2. The van der Waals surface area contributed by atoms with E-state index in [1.54, 1.807) is 19.1 Å². The summed E-state index contributed by atoms with van der Waals surface area (Å²) >= 11 is 0. The lowest BCUT2D eigenvalue weighted by atomic mass is 10.1. The molecule has 0 aliphatic carbocycles. The second-order valence-electron chi connectivity index (χ2n) is 4.35. The van der Waals surface area contributed by atoms with Crippen LogP contribution in [0.4, 0.5) is 21.7 Å². The average molecular weight is 291 g/mol. The maximum Gasteiger partial charge on any atom is 0.353 e. The van der Waals surface area contributed by atoms with Crippen molar-refractivity contribution in [2.24, 2.45) is 0 Å². The van der Waals surface area contributed by atoms with Crippen molar-refractivity contribution in [3.05, 3.63) is 52.1 Å². The van der Waals surface area contributed by atoms with E-state index in [1.807, 2.05) is 0 Å². The Morgan fingerprint density at radius 3 is 2.67 bits per heavy atom. The minimum Gasteiger partial charge on any atom is -0.367 e. The largest absolute Gasteiger partial charge is 0.367 e. The summed E-state index contributed by atoms with van der Waals surface area (Å²) in [6.45, 7) is 1.76. The molecule has 2 N–H and O–H groups in total. The number of hydrogen-bond acceptors (Lipinski definition) is 6. The number of nitro groups is 1. The SMILES string of the molecule is CNc1ncnc(NC(C)c2cccc(F)c2)c1[N+](=O)[O-]. The first-order valence-electron chi connectivity index (χ1n) is 6.22. The van der Waals surface area contributed by atoms with Crippen molar-refractivity contribution in [1.29, 1.82) is 0 Å². The highest BCUT2D eigenvalue weighted by Crippen LogP contribution is 2.31. The van der Waals surface area contributed by atoms with Crippen LogP contribution >= 0.6 is 0 Å². The number of halogens is 1. The Kier molecular flexibility index (Phi) is 4.27. The van der Waals surface area contributed by atoms with Crippen molar-refractivity contribution >= 4 is 17.3 Å². The third-order valence-corrected chi connectivity index (χ3v) is 2.94. The van der Waals surface area contributed by atoms with E-state index in [0.29, 0.717) is 5.56 Å². The van der Waals surface area contributed by atoms with Crippen molar-refractivity contribution in [2.75, 3.05) is 17.7 Å². The summed E-state index contributed by atoms with van der Waals surface area (Å²) < 4.78 is 13.2. The van der Waals surface area contributed by atoms with E-state index in [2.05, 4.69) is 20.6 Å². The highest BCUT2D eigenvalue weighted by atomic mass is 19.1. The van der Waals surface area contributed by atoms with Crippen LogP contribution in [0.3, 0.4) is 0 Å². The first-order chi connectivity index (χ1) is 10.0. The Hall–Kier alpha value is -2.77. The van der Waals surface area contributed by atoms with E-state index < -0.39 is 4.92 Å². The van der Waals surface area contributed by atoms with Gasteiger partial charge in [-0.05, 0) is 24.6 Å². The van der Waals surface area contributed by atoms with Crippen LogP contribution in [0.1, 0.15) is 18.5 Å². The van der Waals surface area contributed by atoms with E-state index in [-0.39, 0.29) is 29.2 Å². The molecule has 1 aromatic carbocycles. The minimum absolute atomic E-state index is 0.0797. The molecule has 0 aliphatic rings. The lowest BCUT2D eigenvalue weighted by Crippen LogP contribution is -2.12. The van der Waals surface area contributed by atoms with E-state index >= 15 is 0 Å². The summed E-state index contributed by atoms with van der Waals surface area (Å²) in [6, 6.07) is 5.66. The lowest BCUT2D eigenvalue weighted by molar-refractivity contribution is -0.383. The van der Waals surface area contributed by atoms with Gasteiger partial charge in [-0.25, -0.2) is 14.4 Å². The molecule has 2 rings (SSSR count). The summed E-state index contributed by atoms with van der Waals surface area (Å²) in [5.41, 5.74) is 0.414. The molecule has 1 unspecified atom stereocenters. The molecule has 1 aromatic heterocycles. The normalized spacial score (nSPS) is 11.8. The quantitative estimate of drug-likeness (QED) is 0.650. The molecule has 0 aliphatic heterocycles. The number of aromatic nitrogens is 2. The predicted molar refractivity (Wildman–Crippen MR) is 76.7 cm³/mol. The van der Waals surface area contributed by atoms with E-state index in [9.17, 15) is 14.5 Å². The molecule has 0 spiro atoms. The number of benzene rings is 1. The zero-order valence-corrected chi connectivity index (χ0v) is 11.5. The minimum atomic E-state index is -0.563. The standard InChI is InChI=1S/C13H14FN5O2/c1-8(9-4-3-5-10(14)6-9)18-13-11(19(20)21)12(15-2)16-7-17-13/h3-8H,1-2H3,(H2,15,16,17,18).